The highest BCUT2D eigenvalue weighted by Crippen LogP contribution is 2.56. The molecule has 6 heteroatoms. The molecule has 0 saturated carbocycles. The summed E-state index contributed by atoms with van der Waals surface area (Å²) in [5.41, 5.74) is 8.12. The van der Waals surface area contributed by atoms with E-state index < -0.39 is 16.8 Å². The second kappa shape index (κ2) is 34.9. The Kier molecular flexibility index (Phi) is 29.0. The number of hydrogen-bond donors (Lipinski definition) is 3. The lowest BCUT2D eigenvalue weighted by Crippen LogP contribution is -2.33. The van der Waals surface area contributed by atoms with Crippen LogP contribution in [0.2, 0.25) is 0 Å². The van der Waals surface area contributed by atoms with Gasteiger partial charge in [-0.25, -0.2) is 0 Å². The van der Waals surface area contributed by atoms with Crippen molar-refractivity contribution in [3.8, 4) is 45.6 Å². The van der Waals surface area contributed by atoms with Crippen LogP contribution in [0.3, 0.4) is 0 Å². The van der Waals surface area contributed by atoms with Gasteiger partial charge in [-0.1, -0.05) is 236 Å². The molecule has 9 atom stereocenters. The van der Waals surface area contributed by atoms with Crippen molar-refractivity contribution in [2.75, 3.05) is 0 Å². The summed E-state index contributed by atoms with van der Waals surface area (Å²) in [6.45, 7) is 45.3. The molecule has 3 aromatic carbocycles. The summed E-state index contributed by atoms with van der Waals surface area (Å²) in [4.78, 5) is 0. The fourth-order valence-corrected chi connectivity index (χ4v) is 15.5. The molecule has 6 nitrogen and oxygen atoms in total. The van der Waals surface area contributed by atoms with Crippen molar-refractivity contribution in [1.82, 2.24) is 0 Å². The highest BCUT2D eigenvalue weighted by molar-refractivity contribution is 5.94. The zero-order chi connectivity index (χ0) is 67.0. The zero-order valence-electron chi connectivity index (χ0n) is 62.2. The number of fused-ring (bicyclic) bond motifs is 3. The smallest absolute Gasteiger partial charge is 0.136 e. The molecule has 3 N–H and O–H groups in total. The Hall–Kier alpha value is -4.32. The summed E-state index contributed by atoms with van der Waals surface area (Å²) in [5.74, 6) is 9.73. The van der Waals surface area contributed by atoms with E-state index in [0.29, 0.717) is 58.8 Å². The van der Waals surface area contributed by atoms with Crippen molar-refractivity contribution in [3.05, 3.63) is 73.9 Å². The van der Waals surface area contributed by atoms with Gasteiger partial charge >= 0.3 is 0 Å². The topological polar surface area (TPSA) is 88.4 Å². The Morgan fingerprint density at radius 1 is 0.308 bits per heavy atom. The number of rotatable bonds is 40. The molecule has 91 heavy (non-hydrogen) atoms. The van der Waals surface area contributed by atoms with Crippen molar-refractivity contribution < 1.29 is 29.5 Å². The van der Waals surface area contributed by atoms with E-state index in [-0.39, 0.29) is 11.5 Å². The van der Waals surface area contributed by atoms with Crippen molar-refractivity contribution >= 4 is 18.2 Å². The van der Waals surface area contributed by atoms with Crippen LogP contribution in [0.15, 0.2) is 18.2 Å². The van der Waals surface area contributed by atoms with Crippen LogP contribution in [0.5, 0.6) is 34.5 Å². The van der Waals surface area contributed by atoms with Crippen LogP contribution in [0.4, 0.5) is 0 Å². The van der Waals surface area contributed by atoms with Gasteiger partial charge in [-0.05, 0) is 195 Å². The van der Waals surface area contributed by atoms with E-state index >= 15 is 0 Å². The molecule has 3 aliphatic heterocycles. The predicted octanol–water partition coefficient (Wildman–Crippen LogP) is 25.6. The predicted molar refractivity (Wildman–Crippen MR) is 393 cm³/mol. The minimum absolute atomic E-state index is 0.189. The number of hydrogen-bond acceptors (Lipinski definition) is 6. The average molecular weight is 1250 g/mol. The van der Waals surface area contributed by atoms with E-state index in [1.807, 2.05) is 27.7 Å². The summed E-state index contributed by atoms with van der Waals surface area (Å²) in [5, 5.41) is 37.3. The molecule has 3 aromatic rings. The van der Waals surface area contributed by atoms with E-state index in [4.69, 9.17) is 14.2 Å². The van der Waals surface area contributed by atoms with Gasteiger partial charge in [0.15, 0.2) is 0 Å². The van der Waals surface area contributed by atoms with Gasteiger partial charge in [0, 0.05) is 50.1 Å². The molecule has 3 aliphatic rings. The third-order valence-electron chi connectivity index (χ3n) is 22.3. The molecule has 0 radical (unpaired) electrons. The minimum Gasteiger partial charge on any atom is -0.507 e. The Bertz CT molecular complexity index is 2880. The monoisotopic (exact) mass is 1250 g/mol. The van der Waals surface area contributed by atoms with Crippen LogP contribution in [0.25, 0.3) is 29.4 Å². The average Bonchev–Trinajstić information content (AvgIpc) is 0.730. The quantitative estimate of drug-likeness (QED) is 0.0526. The molecular weight excluding hydrogens is 1120 g/mol. The first-order valence-corrected chi connectivity index (χ1v) is 37.7. The highest BCUT2D eigenvalue weighted by Gasteiger charge is 2.39. The van der Waals surface area contributed by atoms with Gasteiger partial charge < -0.3 is 29.5 Å². The van der Waals surface area contributed by atoms with Gasteiger partial charge in [-0.3, -0.25) is 0 Å². The van der Waals surface area contributed by atoms with Crippen LogP contribution in [0, 0.1) is 87.9 Å². The summed E-state index contributed by atoms with van der Waals surface area (Å²) in [6, 6.07) is 0. The minimum atomic E-state index is -0.622. The third-order valence-corrected chi connectivity index (χ3v) is 22.3. The highest BCUT2D eigenvalue weighted by atomic mass is 16.5. The molecule has 512 valence electrons. The SMILES string of the molecule is Cc1c(C)c2c(c(-c3c(C)c(O)c(CCc4c(C)c(O)c(C)c5c4OC(C)(CCCC(C)CCCC(C)CCCC(C)C)C=C5)c4c3O[C@@](C)(CCCC(C)CCCC(C)CCCC(C)C)C=C4)c1O)C=C[C@@](C)(CCCC(C)CCCC(C)CCCC(C)C)O2. The maximum Gasteiger partial charge on any atom is 0.136 e. The first-order valence-electron chi connectivity index (χ1n) is 37.7. The molecule has 6 rings (SSSR count). The van der Waals surface area contributed by atoms with Crippen molar-refractivity contribution in [2.45, 2.75) is 341 Å². The van der Waals surface area contributed by atoms with Crippen LogP contribution < -0.4 is 14.2 Å². The lowest BCUT2D eigenvalue weighted by Gasteiger charge is -2.37. The molecule has 0 saturated heterocycles. The van der Waals surface area contributed by atoms with Crippen molar-refractivity contribution in [3.63, 3.8) is 0 Å². The molecule has 0 aromatic heterocycles. The van der Waals surface area contributed by atoms with Crippen LogP contribution in [-0.2, 0) is 12.8 Å². The Balaban J connectivity index is 1.26. The van der Waals surface area contributed by atoms with E-state index in [1.165, 1.54) is 128 Å². The fourth-order valence-electron chi connectivity index (χ4n) is 15.5. The normalized spacial score (nSPS) is 20.5. The van der Waals surface area contributed by atoms with Crippen LogP contribution in [-0.4, -0.2) is 32.1 Å². The van der Waals surface area contributed by atoms with E-state index in [1.54, 1.807) is 0 Å². The van der Waals surface area contributed by atoms with E-state index in [0.717, 1.165) is 142 Å². The lowest BCUT2D eigenvalue weighted by atomic mass is 9.81. The fraction of sp³-hybridized carbons (Fsp3) is 0.718. The number of phenols is 3. The Labute approximate surface area is 559 Å². The van der Waals surface area contributed by atoms with Gasteiger partial charge in [0.1, 0.15) is 51.3 Å². The molecule has 0 amide bonds. The number of benzene rings is 3. The second-order valence-electron chi connectivity index (χ2n) is 32.9. The summed E-state index contributed by atoms with van der Waals surface area (Å²) >= 11 is 0. The largest absolute Gasteiger partial charge is 0.507 e. The number of aromatic hydroxyl groups is 3. The maximum atomic E-state index is 12.9. The summed E-state index contributed by atoms with van der Waals surface area (Å²) in [6.07, 6.45) is 47.3. The zero-order valence-corrected chi connectivity index (χ0v) is 62.2. The van der Waals surface area contributed by atoms with E-state index in [9.17, 15) is 15.3 Å². The van der Waals surface area contributed by atoms with Crippen molar-refractivity contribution in [1.29, 1.82) is 0 Å². The third kappa shape index (κ3) is 21.6. The number of ether oxygens (including phenoxy) is 3. The molecule has 0 spiro atoms. The van der Waals surface area contributed by atoms with Crippen LogP contribution >= 0.6 is 0 Å². The van der Waals surface area contributed by atoms with E-state index in [2.05, 4.69) is 147 Å². The summed E-state index contributed by atoms with van der Waals surface area (Å²) in [7, 11) is 0. The molecular formula is C85H136O6. The molecule has 7 unspecified atom stereocenters. The Morgan fingerprint density at radius 2 is 0.637 bits per heavy atom. The number of phenolic OH excluding ortho intramolecular Hbond substituents is 3. The standard InChI is InChI=1S/C85H136O6/c1-56(2)30-21-33-59(7)36-24-39-62(10)42-27-50-83(18)55-49-74-76(79(88)65(13)66(14)80(74)89-83)75-69(17)78(87)72(73-48-54-85(20,91-82(73)75)52-29-44-64(12)41-26-38-61(9)35-23-32-58(5)6)46-45-70-67(15)77(86)68(16)71-47-53-84(19,90-81(70)71)51-28-43-63(11)40-25-37-60(8)34-22-31-57(3)4/h47-49,53-64,86-88H,21-46,50-52H2,1-20H3/t59?,60?,61?,62?,63?,64?,83-,84?,85+/m1/s1. The van der Waals surface area contributed by atoms with Crippen molar-refractivity contribution in [2.24, 2.45) is 53.3 Å². The van der Waals surface area contributed by atoms with Gasteiger partial charge in [0.25, 0.3) is 0 Å². The summed E-state index contributed by atoms with van der Waals surface area (Å²) < 4.78 is 21.9. The van der Waals surface area contributed by atoms with Crippen LogP contribution in [0.1, 0.15) is 333 Å². The molecule has 0 bridgehead atoms. The van der Waals surface area contributed by atoms with Gasteiger partial charge in [-0.15, -0.1) is 0 Å². The molecule has 3 heterocycles. The van der Waals surface area contributed by atoms with Gasteiger partial charge in [0.05, 0.1) is 0 Å². The first-order chi connectivity index (χ1) is 43.0. The van der Waals surface area contributed by atoms with Gasteiger partial charge in [0.2, 0.25) is 0 Å². The Morgan fingerprint density at radius 3 is 1.03 bits per heavy atom. The maximum absolute atomic E-state index is 12.9. The second-order valence-corrected chi connectivity index (χ2v) is 32.9. The first kappa shape index (κ1) is 75.7. The molecule has 0 fully saturated rings. The molecule has 0 aliphatic carbocycles. The van der Waals surface area contributed by atoms with Gasteiger partial charge in [-0.2, -0.15) is 0 Å². The lowest BCUT2D eigenvalue weighted by molar-refractivity contribution is 0.120.